The fourth-order valence-corrected chi connectivity index (χ4v) is 2.96. The average Bonchev–Trinajstić information content (AvgIpc) is 2.42. The van der Waals surface area contributed by atoms with Crippen molar-refractivity contribution in [1.82, 2.24) is 10.2 Å². The van der Waals surface area contributed by atoms with Crippen LogP contribution in [0.2, 0.25) is 0 Å². The van der Waals surface area contributed by atoms with Gasteiger partial charge in [0.2, 0.25) is 0 Å². The highest BCUT2D eigenvalue weighted by molar-refractivity contribution is 7.98. The van der Waals surface area contributed by atoms with Crippen LogP contribution in [0.1, 0.15) is 39.0 Å². The van der Waals surface area contributed by atoms with Crippen LogP contribution in [0.25, 0.3) is 0 Å². The van der Waals surface area contributed by atoms with E-state index in [1.807, 2.05) is 18.7 Å². The van der Waals surface area contributed by atoms with Gasteiger partial charge in [-0.25, -0.2) is 9.59 Å². The molecule has 1 aliphatic rings. The first-order valence-corrected chi connectivity index (χ1v) is 8.71. The third kappa shape index (κ3) is 5.61. The Bertz CT molecular complexity index is 326. The maximum absolute atomic E-state index is 12.1. The van der Waals surface area contributed by atoms with Crippen LogP contribution in [0.15, 0.2) is 0 Å². The van der Waals surface area contributed by atoms with E-state index in [-0.39, 0.29) is 6.03 Å². The fourth-order valence-electron chi connectivity index (χ4n) is 2.46. The van der Waals surface area contributed by atoms with E-state index in [0.717, 1.165) is 31.4 Å². The molecule has 6 heteroatoms. The number of urea groups is 1. The molecular weight excluding hydrogens is 276 g/mol. The molecular formula is C14H26N2O3S. The highest BCUT2D eigenvalue weighted by Crippen LogP contribution is 2.22. The highest BCUT2D eigenvalue weighted by Gasteiger charge is 2.34. The summed E-state index contributed by atoms with van der Waals surface area (Å²) in [4.78, 5) is 24.8. The number of carboxylic acid groups (broad SMARTS) is 1. The lowest BCUT2D eigenvalue weighted by atomic mass is 9.93. The van der Waals surface area contributed by atoms with Crippen molar-refractivity contribution in [2.75, 3.05) is 25.1 Å². The molecule has 1 saturated heterocycles. The standard InChI is InChI=1S/C14H26N2O3S/c1-11-6-8-16(12(10-11)13(17)18)14(19)15-7-4-3-5-9-20-2/h11-12H,3-10H2,1-2H3,(H,15,19)(H,17,18). The van der Waals surface area contributed by atoms with Gasteiger partial charge in [-0.15, -0.1) is 0 Å². The Labute approximate surface area is 125 Å². The normalized spacial score (nSPS) is 22.6. The summed E-state index contributed by atoms with van der Waals surface area (Å²) < 4.78 is 0. The molecule has 0 bridgehead atoms. The molecule has 1 fully saturated rings. The lowest BCUT2D eigenvalue weighted by Crippen LogP contribution is -2.53. The number of nitrogens with zero attached hydrogens (tertiary/aromatic N) is 1. The van der Waals surface area contributed by atoms with Crippen molar-refractivity contribution in [2.24, 2.45) is 5.92 Å². The molecule has 2 N–H and O–H groups in total. The summed E-state index contributed by atoms with van der Waals surface area (Å²) in [5.41, 5.74) is 0. The molecule has 0 aromatic heterocycles. The van der Waals surface area contributed by atoms with E-state index in [1.165, 1.54) is 4.90 Å². The smallest absolute Gasteiger partial charge is 0.326 e. The Morgan fingerprint density at radius 2 is 2.10 bits per heavy atom. The van der Waals surface area contributed by atoms with Gasteiger partial charge in [-0.05, 0) is 43.6 Å². The van der Waals surface area contributed by atoms with Crippen LogP contribution in [0, 0.1) is 5.92 Å². The van der Waals surface area contributed by atoms with Crippen LogP contribution in [0.3, 0.4) is 0 Å². The molecule has 2 amide bonds. The predicted molar refractivity (Wildman–Crippen MR) is 82.2 cm³/mol. The minimum atomic E-state index is -0.897. The number of amides is 2. The first-order chi connectivity index (χ1) is 9.56. The van der Waals surface area contributed by atoms with Gasteiger partial charge in [0.1, 0.15) is 6.04 Å². The van der Waals surface area contributed by atoms with Crippen molar-refractivity contribution in [3.8, 4) is 0 Å². The number of hydrogen-bond acceptors (Lipinski definition) is 3. The molecule has 2 unspecified atom stereocenters. The molecule has 0 aliphatic carbocycles. The summed E-state index contributed by atoms with van der Waals surface area (Å²) in [6.45, 7) is 3.21. The Morgan fingerprint density at radius 3 is 2.75 bits per heavy atom. The van der Waals surface area contributed by atoms with Crippen LogP contribution in [-0.2, 0) is 4.79 Å². The summed E-state index contributed by atoms with van der Waals surface area (Å²) in [7, 11) is 0. The first kappa shape index (κ1) is 17.1. The van der Waals surface area contributed by atoms with Gasteiger partial charge in [-0.3, -0.25) is 0 Å². The second kappa shape index (κ2) is 9.10. The van der Waals surface area contributed by atoms with E-state index in [4.69, 9.17) is 0 Å². The zero-order valence-electron chi connectivity index (χ0n) is 12.4. The second-order valence-electron chi connectivity index (χ2n) is 5.46. The molecule has 5 nitrogen and oxygen atoms in total. The van der Waals surface area contributed by atoms with E-state index in [2.05, 4.69) is 11.6 Å². The molecule has 0 aromatic carbocycles. The number of aliphatic carboxylic acids is 1. The number of thioether (sulfide) groups is 1. The van der Waals surface area contributed by atoms with Crippen molar-refractivity contribution in [3.05, 3.63) is 0 Å². The number of piperidine rings is 1. The van der Waals surface area contributed by atoms with Gasteiger partial charge in [0, 0.05) is 13.1 Å². The number of carbonyl (C=O) groups excluding carboxylic acids is 1. The predicted octanol–water partition coefficient (Wildman–Crippen LogP) is 2.41. The van der Waals surface area contributed by atoms with Gasteiger partial charge in [0.25, 0.3) is 0 Å². The SMILES string of the molecule is CSCCCCCNC(=O)N1CCC(C)CC1C(=O)O. The molecule has 1 heterocycles. The molecule has 116 valence electrons. The maximum atomic E-state index is 12.1. The Kier molecular flexibility index (Phi) is 7.80. The highest BCUT2D eigenvalue weighted by atomic mass is 32.2. The number of carbonyl (C=O) groups is 2. The molecule has 0 aromatic rings. The van der Waals surface area contributed by atoms with E-state index < -0.39 is 12.0 Å². The zero-order chi connectivity index (χ0) is 15.0. The number of likely N-dealkylation sites (tertiary alicyclic amines) is 1. The summed E-state index contributed by atoms with van der Waals surface area (Å²) in [5, 5.41) is 12.1. The molecule has 2 atom stereocenters. The van der Waals surface area contributed by atoms with Gasteiger partial charge < -0.3 is 15.3 Å². The topological polar surface area (TPSA) is 69.6 Å². The quantitative estimate of drug-likeness (QED) is 0.709. The second-order valence-corrected chi connectivity index (χ2v) is 6.45. The third-order valence-corrected chi connectivity index (χ3v) is 4.41. The van der Waals surface area contributed by atoms with Gasteiger partial charge in [0.05, 0.1) is 0 Å². The van der Waals surface area contributed by atoms with Crippen molar-refractivity contribution < 1.29 is 14.7 Å². The van der Waals surface area contributed by atoms with Gasteiger partial charge >= 0.3 is 12.0 Å². The minimum Gasteiger partial charge on any atom is -0.480 e. The van der Waals surface area contributed by atoms with E-state index in [1.54, 1.807) is 0 Å². The van der Waals surface area contributed by atoms with Crippen molar-refractivity contribution in [1.29, 1.82) is 0 Å². The van der Waals surface area contributed by atoms with Gasteiger partial charge in [-0.1, -0.05) is 13.3 Å². The van der Waals surface area contributed by atoms with Crippen LogP contribution in [0.5, 0.6) is 0 Å². The maximum Gasteiger partial charge on any atom is 0.326 e. The molecule has 0 spiro atoms. The Balaban J connectivity index is 2.31. The van der Waals surface area contributed by atoms with E-state index in [9.17, 15) is 14.7 Å². The Hall–Kier alpha value is -0.910. The summed E-state index contributed by atoms with van der Waals surface area (Å²) in [5.74, 6) is 0.623. The van der Waals surface area contributed by atoms with E-state index >= 15 is 0 Å². The Morgan fingerprint density at radius 1 is 1.35 bits per heavy atom. The number of hydrogen-bond donors (Lipinski definition) is 2. The molecule has 0 saturated carbocycles. The summed E-state index contributed by atoms with van der Waals surface area (Å²) >= 11 is 1.83. The number of carboxylic acids is 1. The van der Waals surface area contributed by atoms with Crippen LogP contribution < -0.4 is 5.32 Å². The summed E-state index contributed by atoms with van der Waals surface area (Å²) in [6.07, 6.45) is 6.73. The van der Waals surface area contributed by atoms with E-state index in [0.29, 0.717) is 25.4 Å². The van der Waals surface area contributed by atoms with Crippen molar-refractivity contribution in [2.45, 2.75) is 45.1 Å². The minimum absolute atomic E-state index is 0.228. The number of rotatable bonds is 7. The third-order valence-electron chi connectivity index (χ3n) is 3.71. The zero-order valence-corrected chi connectivity index (χ0v) is 13.2. The molecule has 1 rings (SSSR count). The molecule has 0 radical (unpaired) electrons. The lowest BCUT2D eigenvalue weighted by Gasteiger charge is -2.35. The first-order valence-electron chi connectivity index (χ1n) is 7.32. The van der Waals surface area contributed by atoms with Gasteiger partial charge in [0.15, 0.2) is 0 Å². The average molecular weight is 302 g/mol. The lowest BCUT2D eigenvalue weighted by molar-refractivity contribution is -0.143. The van der Waals surface area contributed by atoms with Crippen LogP contribution in [0.4, 0.5) is 4.79 Å². The molecule has 20 heavy (non-hydrogen) atoms. The molecule has 1 aliphatic heterocycles. The number of nitrogens with one attached hydrogen (secondary N) is 1. The largest absolute Gasteiger partial charge is 0.480 e. The monoisotopic (exact) mass is 302 g/mol. The van der Waals surface area contributed by atoms with Crippen molar-refractivity contribution >= 4 is 23.8 Å². The van der Waals surface area contributed by atoms with Gasteiger partial charge in [-0.2, -0.15) is 11.8 Å². The summed E-state index contributed by atoms with van der Waals surface area (Å²) in [6, 6.07) is -0.899. The van der Waals surface area contributed by atoms with Crippen LogP contribution in [-0.4, -0.2) is 53.1 Å². The fraction of sp³-hybridized carbons (Fsp3) is 0.857. The number of unbranched alkanes of at least 4 members (excludes halogenated alkanes) is 2. The van der Waals surface area contributed by atoms with Crippen LogP contribution >= 0.6 is 11.8 Å². The van der Waals surface area contributed by atoms with Crippen molar-refractivity contribution in [3.63, 3.8) is 0 Å².